The number of likely N-dealkylation sites (tertiary alicyclic amines) is 1. The van der Waals surface area contributed by atoms with E-state index in [4.69, 9.17) is 10.00 Å². The van der Waals surface area contributed by atoms with Crippen LogP contribution in [-0.2, 0) is 40.4 Å². The van der Waals surface area contributed by atoms with Crippen molar-refractivity contribution in [1.82, 2.24) is 20.9 Å². The zero-order chi connectivity index (χ0) is 33.1. The molecular formula is C29H39N5O9S. The van der Waals surface area contributed by atoms with Gasteiger partial charge in [0.15, 0.2) is 9.84 Å². The molecule has 0 aliphatic carbocycles. The summed E-state index contributed by atoms with van der Waals surface area (Å²) in [5.41, 5.74) is -0.227. The zero-order valence-electron chi connectivity index (χ0n) is 25.1. The van der Waals surface area contributed by atoms with Crippen LogP contribution in [0.4, 0.5) is 4.79 Å². The van der Waals surface area contributed by atoms with Gasteiger partial charge in [-0.15, -0.1) is 0 Å². The quantitative estimate of drug-likeness (QED) is 0.244. The number of nitrogens with zero attached hydrogens (tertiary/aromatic N) is 2. The highest BCUT2D eigenvalue weighted by Gasteiger charge is 2.43. The fourth-order valence-electron chi connectivity index (χ4n) is 4.43. The number of sulfone groups is 1. The number of aliphatic carboxylic acids is 1. The summed E-state index contributed by atoms with van der Waals surface area (Å²) in [6, 6.07) is 5.93. The van der Waals surface area contributed by atoms with Crippen LogP contribution in [0.5, 0.6) is 0 Å². The van der Waals surface area contributed by atoms with E-state index in [0.29, 0.717) is 12.0 Å². The van der Waals surface area contributed by atoms with E-state index >= 15 is 0 Å². The van der Waals surface area contributed by atoms with Crippen LogP contribution < -0.4 is 16.0 Å². The summed E-state index contributed by atoms with van der Waals surface area (Å²) in [6.07, 6.45) is 0.897. The zero-order valence-corrected chi connectivity index (χ0v) is 25.9. The summed E-state index contributed by atoms with van der Waals surface area (Å²) >= 11 is 0. The Bertz CT molecular complexity index is 1380. The summed E-state index contributed by atoms with van der Waals surface area (Å²) < 4.78 is 28.1. The molecule has 0 bridgehead atoms. The van der Waals surface area contributed by atoms with Crippen molar-refractivity contribution in [1.29, 1.82) is 5.26 Å². The molecule has 4 amide bonds. The number of nitriles is 1. The molecular weight excluding hydrogens is 594 g/mol. The van der Waals surface area contributed by atoms with Crippen LogP contribution in [0.1, 0.15) is 52.0 Å². The first kappa shape index (κ1) is 35.7. The van der Waals surface area contributed by atoms with Crippen molar-refractivity contribution in [3.63, 3.8) is 0 Å². The molecule has 44 heavy (non-hydrogen) atoms. The number of carboxylic acids is 1. The Morgan fingerprint density at radius 2 is 1.80 bits per heavy atom. The minimum Gasteiger partial charge on any atom is -0.481 e. The Morgan fingerprint density at radius 3 is 2.36 bits per heavy atom. The minimum absolute atomic E-state index is 0.116. The Morgan fingerprint density at radius 1 is 1.14 bits per heavy atom. The second-order valence-corrected chi connectivity index (χ2v) is 13.4. The predicted octanol–water partition coefficient (Wildman–Crippen LogP) is 1.23. The van der Waals surface area contributed by atoms with E-state index in [9.17, 15) is 37.5 Å². The van der Waals surface area contributed by atoms with Gasteiger partial charge in [0, 0.05) is 18.2 Å². The number of ether oxygens (including phenoxy) is 1. The van der Waals surface area contributed by atoms with Gasteiger partial charge in [-0.1, -0.05) is 51.1 Å². The van der Waals surface area contributed by atoms with Crippen molar-refractivity contribution in [3.8, 4) is 6.07 Å². The van der Waals surface area contributed by atoms with Crippen LogP contribution >= 0.6 is 0 Å². The Kier molecular flexibility index (Phi) is 12.9. The van der Waals surface area contributed by atoms with Crippen LogP contribution in [0.15, 0.2) is 41.8 Å². The van der Waals surface area contributed by atoms with Crippen LogP contribution in [0, 0.1) is 16.7 Å². The SMILES string of the molecule is CC(C)(C)C(NC(=O)[C@H](CC(=O)O)NC(=O)OCc1ccccc1)C(=O)N1CCC[C@@H]1C(=O)N[C@H](/C=C/S(C)(=O)=O)CC#N. The number of alkyl carbamates (subject to hydrolysis) is 1. The molecule has 1 heterocycles. The maximum atomic E-state index is 13.8. The lowest BCUT2D eigenvalue weighted by molar-refractivity contribution is -0.145. The van der Waals surface area contributed by atoms with Crippen LogP contribution in [0.25, 0.3) is 0 Å². The molecule has 1 unspecified atom stereocenters. The van der Waals surface area contributed by atoms with E-state index in [1.54, 1.807) is 51.1 Å². The van der Waals surface area contributed by atoms with Crippen molar-refractivity contribution < 1.29 is 42.2 Å². The van der Waals surface area contributed by atoms with Gasteiger partial charge in [-0.25, -0.2) is 13.2 Å². The molecule has 0 aromatic heterocycles. The third kappa shape index (κ3) is 11.7. The predicted molar refractivity (Wildman–Crippen MR) is 158 cm³/mol. The molecule has 1 aliphatic rings. The number of benzene rings is 1. The summed E-state index contributed by atoms with van der Waals surface area (Å²) in [6.45, 7) is 5.09. The molecule has 4 atom stereocenters. The average Bonchev–Trinajstić information content (AvgIpc) is 3.42. The number of nitrogens with one attached hydrogen (secondary N) is 3. The Balaban J connectivity index is 2.18. The topological polar surface area (TPSA) is 212 Å². The normalized spacial score (nSPS) is 17.2. The van der Waals surface area contributed by atoms with Gasteiger partial charge in [-0.2, -0.15) is 5.26 Å². The van der Waals surface area contributed by atoms with E-state index < -0.39 is 75.6 Å². The summed E-state index contributed by atoms with van der Waals surface area (Å²) in [5, 5.41) is 26.8. The van der Waals surface area contributed by atoms with Crippen molar-refractivity contribution in [2.45, 2.75) is 77.2 Å². The molecule has 0 spiro atoms. The first-order valence-electron chi connectivity index (χ1n) is 13.9. The van der Waals surface area contributed by atoms with Crippen molar-refractivity contribution in [2.24, 2.45) is 5.41 Å². The second kappa shape index (κ2) is 15.9. The molecule has 1 aliphatic heterocycles. The highest BCUT2D eigenvalue weighted by molar-refractivity contribution is 7.93. The van der Waals surface area contributed by atoms with Crippen LogP contribution in [0.2, 0.25) is 0 Å². The molecule has 1 fully saturated rings. The molecule has 1 aromatic carbocycles. The van der Waals surface area contributed by atoms with Crippen LogP contribution in [-0.4, -0.2) is 85.2 Å². The lowest BCUT2D eigenvalue weighted by atomic mass is 9.85. The van der Waals surface area contributed by atoms with Gasteiger partial charge in [0.1, 0.15) is 24.7 Å². The van der Waals surface area contributed by atoms with Crippen molar-refractivity contribution in [3.05, 3.63) is 47.4 Å². The highest BCUT2D eigenvalue weighted by atomic mass is 32.2. The van der Waals surface area contributed by atoms with Gasteiger partial charge in [-0.05, 0) is 29.9 Å². The number of carbonyl (C=O) groups excluding carboxylic acids is 4. The van der Waals surface area contributed by atoms with E-state index in [1.165, 1.54) is 11.0 Å². The first-order valence-corrected chi connectivity index (χ1v) is 15.8. The Hall–Kier alpha value is -4.45. The van der Waals surface area contributed by atoms with Crippen molar-refractivity contribution >= 4 is 39.6 Å². The molecule has 14 nitrogen and oxygen atoms in total. The molecule has 15 heteroatoms. The fourth-order valence-corrected chi connectivity index (χ4v) is 4.91. The monoisotopic (exact) mass is 633 g/mol. The second-order valence-electron chi connectivity index (χ2n) is 11.5. The number of hydrogen-bond donors (Lipinski definition) is 4. The van der Waals surface area contributed by atoms with Gasteiger partial charge in [0.2, 0.25) is 17.7 Å². The first-order chi connectivity index (χ1) is 20.5. The van der Waals surface area contributed by atoms with Gasteiger partial charge < -0.3 is 30.7 Å². The van der Waals surface area contributed by atoms with Gasteiger partial charge >= 0.3 is 12.1 Å². The maximum absolute atomic E-state index is 13.8. The third-order valence-electron chi connectivity index (χ3n) is 6.64. The third-order valence-corrected chi connectivity index (χ3v) is 7.29. The van der Waals surface area contributed by atoms with E-state index in [-0.39, 0.29) is 26.0 Å². The summed E-state index contributed by atoms with van der Waals surface area (Å²) in [5.74, 6) is -3.51. The molecule has 1 aromatic rings. The minimum atomic E-state index is -3.51. The summed E-state index contributed by atoms with van der Waals surface area (Å²) in [7, 11) is -3.51. The number of hydrogen-bond acceptors (Lipinski definition) is 9. The van der Waals surface area contributed by atoms with E-state index in [0.717, 1.165) is 11.7 Å². The Labute approximate surface area is 256 Å². The highest BCUT2D eigenvalue weighted by Crippen LogP contribution is 2.26. The molecule has 0 radical (unpaired) electrons. The number of carboxylic acid groups (broad SMARTS) is 1. The van der Waals surface area contributed by atoms with E-state index in [1.807, 2.05) is 6.07 Å². The molecule has 1 saturated heterocycles. The summed E-state index contributed by atoms with van der Waals surface area (Å²) in [4.78, 5) is 65.4. The molecule has 2 rings (SSSR count). The van der Waals surface area contributed by atoms with Gasteiger partial charge in [0.25, 0.3) is 0 Å². The molecule has 240 valence electrons. The van der Waals surface area contributed by atoms with Gasteiger partial charge in [0.05, 0.1) is 25.0 Å². The maximum Gasteiger partial charge on any atom is 0.408 e. The van der Waals surface area contributed by atoms with Crippen molar-refractivity contribution in [2.75, 3.05) is 12.8 Å². The molecule has 0 saturated carbocycles. The number of rotatable bonds is 13. The van der Waals surface area contributed by atoms with E-state index in [2.05, 4.69) is 16.0 Å². The lowest BCUT2D eigenvalue weighted by Gasteiger charge is -2.36. The smallest absolute Gasteiger partial charge is 0.408 e. The average molecular weight is 634 g/mol. The van der Waals surface area contributed by atoms with Gasteiger partial charge in [-0.3, -0.25) is 19.2 Å². The lowest BCUT2D eigenvalue weighted by Crippen LogP contribution is -2.60. The largest absolute Gasteiger partial charge is 0.481 e. The molecule has 4 N–H and O–H groups in total. The number of amides is 4. The standard InChI is InChI=1S/C29H39N5O9S/c1-29(2,3)24(33-25(37)21(17-23(35)36)32-28(40)43-18-19-9-6-5-7-10-19)27(39)34-15-8-11-22(34)26(38)31-20(12-14-30)13-16-44(4,41)42/h5-7,9-10,13,16,20-22,24H,8,11-12,15,17-18H2,1-4H3,(H,31,38)(H,32,40)(H,33,37)(H,35,36)/b16-13+/t20-,21-,22+,24?/m0/s1. The van der Waals surface area contributed by atoms with Crippen LogP contribution in [0.3, 0.4) is 0 Å². The fraction of sp³-hybridized carbons (Fsp3) is 0.517. The number of carbonyl (C=O) groups is 5.